The summed E-state index contributed by atoms with van der Waals surface area (Å²) in [5, 5.41) is 3.83. The van der Waals surface area contributed by atoms with Gasteiger partial charge in [0.25, 0.3) is 0 Å². The Hall–Kier alpha value is -1.07. The van der Waals surface area contributed by atoms with Crippen molar-refractivity contribution in [2.75, 3.05) is 18.6 Å². The summed E-state index contributed by atoms with van der Waals surface area (Å²) in [6.45, 7) is 0. The Kier molecular flexibility index (Phi) is 3.23. The van der Waals surface area contributed by atoms with Crippen LogP contribution in [0.4, 0.5) is 5.13 Å². The number of nitrogens with one attached hydrogen (secondary N) is 1. The highest BCUT2D eigenvalue weighted by Gasteiger charge is 2.04. The molecule has 78 valence electrons. The van der Waals surface area contributed by atoms with Crippen molar-refractivity contribution in [2.45, 2.75) is 4.90 Å². The number of thioether (sulfide) groups is 1. The van der Waals surface area contributed by atoms with Gasteiger partial charge in [0.2, 0.25) is 5.13 Å². The number of anilines is 1. The van der Waals surface area contributed by atoms with E-state index in [1.807, 2.05) is 19.2 Å². The zero-order valence-corrected chi connectivity index (χ0v) is 10.2. The van der Waals surface area contributed by atoms with E-state index in [1.54, 1.807) is 11.8 Å². The highest BCUT2D eigenvalue weighted by molar-refractivity contribution is 7.98. The summed E-state index contributed by atoms with van der Waals surface area (Å²) in [6, 6.07) is 8.26. The number of benzene rings is 1. The lowest BCUT2D eigenvalue weighted by molar-refractivity contribution is 1.30. The molecule has 1 aromatic heterocycles. The molecule has 0 aliphatic rings. The van der Waals surface area contributed by atoms with Crippen molar-refractivity contribution in [2.24, 2.45) is 0 Å². The predicted octanol–water partition coefficient (Wildman–Crippen LogP) is 2.97. The predicted molar refractivity (Wildman–Crippen MR) is 66.7 cm³/mol. The first kappa shape index (κ1) is 10.4. The second kappa shape index (κ2) is 4.63. The third-order valence-corrected chi connectivity index (χ3v) is 3.46. The third-order valence-electron chi connectivity index (χ3n) is 1.99. The van der Waals surface area contributed by atoms with Crippen molar-refractivity contribution in [3.8, 4) is 11.4 Å². The minimum Gasteiger partial charge on any atom is -0.363 e. The van der Waals surface area contributed by atoms with Gasteiger partial charge in [-0.05, 0) is 18.4 Å². The minimum absolute atomic E-state index is 0.789. The van der Waals surface area contributed by atoms with E-state index >= 15 is 0 Å². The Bertz CT molecular complexity index is 436. The molecule has 0 saturated heterocycles. The van der Waals surface area contributed by atoms with E-state index in [9.17, 15) is 0 Å². The van der Waals surface area contributed by atoms with E-state index in [0.717, 1.165) is 16.5 Å². The molecule has 5 heteroatoms. The molecule has 15 heavy (non-hydrogen) atoms. The van der Waals surface area contributed by atoms with Gasteiger partial charge in [-0.25, -0.2) is 0 Å². The van der Waals surface area contributed by atoms with Gasteiger partial charge >= 0.3 is 0 Å². The molecule has 1 N–H and O–H groups in total. The largest absolute Gasteiger partial charge is 0.363 e. The first-order chi connectivity index (χ1) is 7.33. The maximum atomic E-state index is 4.34. The van der Waals surface area contributed by atoms with Gasteiger partial charge < -0.3 is 5.32 Å². The van der Waals surface area contributed by atoms with Crippen LogP contribution in [-0.2, 0) is 0 Å². The smallest absolute Gasteiger partial charge is 0.202 e. The molecule has 2 rings (SSSR count). The van der Waals surface area contributed by atoms with Gasteiger partial charge in [0.1, 0.15) is 0 Å². The average Bonchev–Trinajstić information content (AvgIpc) is 2.78. The Labute approximate surface area is 97.1 Å². The molecule has 0 fully saturated rings. The fourth-order valence-electron chi connectivity index (χ4n) is 1.18. The van der Waals surface area contributed by atoms with E-state index in [0.29, 0.717) is 0 Å². The third kappa shape index (κ3) is 2.30. The lowest BCUT2D eigenvalue weighted by Crippen LogP contribution is -1.86. The Morgan fingerprint density at radius 1 is 1.27 bits per heavy atom. The molecule has 0 bridgehead atoms. The molecule has 2 aromatic rings. The van der Waals surface area contributed by atoms with Gasteiger partial charge in [0, 0.05) is 29.0 Å². The van der Waals surface area contributed by atoms with Gasteiger partial charge in [0.05, 0.1) is 0 Å². The number of hydrogen-bond donors (Lipinski definition) is 1. The van der Waals surface area contributed by atoms with E-state index in [-0.39, 0.29) is 0 Å². The van der Waals surface area contributed by atoms with Gasteiger partial charge in [-0.2, -0.15) is 9.36 Å². The maximum absolute atomic E-state index is 4.34. The fourth-order valence-corrected chi connectivity index (χ4v) is 2.13. The van der Waals surface area contributed by atoms with Gasteiger partial charge in [-0.3, -0.25) is 0 Å². The zero-order valence-electron chi connectivity index (χ0n) is 8.52. The lowest BCUT2D eigenvalue weighted by atomic mass is 10.2. The fraction of sp³-hybridized carbons (Fsp3) is 0.200. The quantitative estimate of drug-likeness (QED) is 0.833. The molecular weight excluding hydrogens is 226 g/mol. The summed E-state index contributed by atoms with van der Waals surface area (Å²) < 4.78 is 4.27. The molecular formula is C10H11N3S2. The molecule has 3 nitrogen and oxygen atoms in total. The van der Waals surface area contributed by atoms with E-state index in [4.69, 9.17) is 0 Å². The van der Waals surface area contributed by atoms with E-state index in [2.05, 4.69) is 33.1 Å². The monoisotopic (exact) mass is 237 g/mol. The molecule has 0 saturated carbocycles. The molecule has 1 aromatic carbocycles. The Balaban J connectivity index is 2.28. The molecule has 0 spiro atoms. The topological polar surface area (TPSA) is 37.8 Å². The summed E-state index contributed by atoms with van der Waals surface area (Å²) >= 11 is 3.11. The SMILES string of the molecule is CNc1nc(-c2ccc(SC)cc2)ns1. The van der Waals surface area contributed by atoms with Crippen molar-refractivity contribution in [1.29, 1.82) is 0 Å². The molecule has 0 radical (unpaired) electrons. The van der Waals surface area contributed by atoms with Crippen LogP contribution < -0.4 is 5.32 Å². The van der Waals surface area contributed by atoms with Crippen molar-refractivity contribution >= 4 is 28.4 Å². The highest BCUT2D eigenvalue weighted by Crippen LogP contribution is 2.23. The number of nitrogens with zero attached hydrogens (tertiary/aromatic N) is 2. The maximum Gasteiger partial charge on any atom is 0.202 e. The van der Waals surface area contributed by atoms with Crippen LogP contribution in [0, 0.1) is 0 Å². The molecule has 0 amide bonds. The van der Waals surface area contributed by atoms with Crippen LogP contribution in [0.3, 0.4) is 0 Å². The van der Waals surface area contributed by atoms with Crippen LogP contribution in [0.5, 0.6) is 0 Å². The van der Waals surface area contributed by atoms with Crippen molar-refractivity contribution in [1.82, 2.24) is 9.36 Å². The van der Waals surface area contributed by atoms with E-state index < -0.39 is 0 Å². The first-order valence-corrected chi connectivity index (χ1v) is 6.49. The van der Waals surface area contributed by atoms with Gasteiger partial charge in [-0.1, -0.05) is 12.1 Å². The number of rotatable bonds is 3. The van der Waals surface area contributed by atoms with Gasteiger partial charge in [-0.15, -0.1) is 11.8 Å². The summed E-state index contributed by atoms with van der Waals surface area (Å²) in [5.41, 5.74) is 1.06. The number of aromatic nitrogens is 2. The van der Waals surface area contributed by atoms with Crippen LogP contribution in [0.1, 0.15) is 0 Å². The molecule has 1 heterocycles. The van der Waals surface area contributed by atoms with Crippen molar-refractivity contribution in [3.63, 3.8) is 0 Å². The standard InChI is InChI=1S/C10H11N3S2/c1-11-10-12-9(13-15-10)7-3-5-8(14-2)6-4-7/h3-6H,1-2H3,(H,11,12,13). The Morgan fingerprint density at radius 2 is 2.00 bits per heavy atom. The van der Waals surface area contributed by atoms with Crippen molar-refractivity contribution < 1.29 is 0 Å². The summed E-state index contributed by atoms with van der Waals surface area (Å²) in [6.07, 6.45) is 2.06. The highest BCUT2D eigenvalue weighted by atomic mass is 32.2. The van der Waals surface area contributed by atoms with Crippen LogP contribution in [0.15, 0.2) is 29.2 Å². The summed E-state index contributed by atoms with van der Waals surface area (Å²) in [7, 11) is 1.85. The zero-order chi connectivity index (χ0) is 10.7. The molecule has 0 atom stereocenters. The van der Waals surface area contributed by atoms with Crippen molar-refractivity contribution in [3.05, 3.63) is 24.3 Å². The second-order valence-corrected chi connectivity index (χ2v) is 4.53. The lowest BCUT2D eigenvalue weighted by Gasteiger charge is -1.97. The van der Waals surface area contributed by atoms with Crippen LogP contribution >= 0.6 is 23.3 Å². The summed E-state index contributed by atoms with van der Waals surface area (Å²) in [5.74, 6) is 0.789. The Morgan fingerprint density at radius 3 is 2.53 bits per heavy atom. The van der Waals surface area contributed by atoms with Crippen LogP contribution in [0.2, 0.25) is 0 Å². The summed E-state index contributed by atoms with van der Waals surface area (Å²) in [4.78, 5) is 5.60. The average molecular weight is 237 g/mol. The second-order valence-electron chi connectivity index (χ2n) is 2.90. The van der Waals surface area contributed by atoms with Crippen LogP contribution in [-0.4, -0.2) is 22.7 Å². The first-order valence-electron chi connectivity index (χ1n) is 4.49. The van der Waals surface area contributed by atoms with Crippen LogP contribution in [0.25, 0.3) is 11.4 Å². The van der Waals surface area contributed by atoms with Gasteiger partial charge in [0.15, 0.2) is 5.82 Å². The normalized spacial score (nSPS) is 10.3. The molecule has 0 aliphatic carbocycles. The number of hydrogen-bond acceptors (Lipinski definition) is 5. The minimum atomic E-state index is 0.789. The molecule has 0 aliphatic heterocycles. The molecule has 0 unspecified atom stereocenters. The van der Waals surface area contributed by atoms with E-state index in [1.165, 1.54) is 16.4 Å².